The molecule has 1 aliphatic heterocycles. The number of hydrogen-bond donors (Lipinski definition) is 1. The Balaban J connectivity index is 1.62. The van der Waals surface area contributed by atoms with Crippen LogP contribution in [0, 0.1) is 5.92 Å². The molecule has 0 aliphatic carbocycles. The van der Waals surface area contributed by atoms with Gasteiger partial charge in [-0.05, 0) is 43.5 Å². The smallest absolute Gasteiger partial charge is 0.244 e. The highest BCUT2D eigenvalue weighted by Gasteiger charge is 2.27. The third-order valence-corrected chi connectivity index (χ3v) is 4.91. The quantitative estimate of drug-likeness (QED) is 0.859. The number of aromatic nitrogens is 2. The van der Waals surface area contributed by atoms with Gasteiger partial charge in [-0.1, -0.05) is 29.7 Å². The second-order valence-electron chi connectivity index (χ2n) is 5.35. The van der Waals surface area contributed by atoms with E-state index in [0.29, 0.717) is 17.6 Å². The number of rotatable bonds is 4. The topological polar surface area (TPSA) is 51.0 Å². The fourth-order valence-electron chi connectivity index (χ4n) is 2.54. The maximum Gasteiger partial charge on any atom is 0.244 e. The van der Waals surface area contributed by atoms with E-state index in [0.717, 1.165) is 22.3 Å². The molecule has 1 aromatic carbocycles. The van der Waals surface area contributed by atoms with Gasteiger partial charge in [-0.25, -0.2) is 0 Å². The predicted octanol–water partition coefficient (Wildman–Crippen LogP) is 4.08. The highest BCUT2D eigenvalue weighted by atomic mass is 35.5. The van der Waals surface area contributed by atoms with E-state index in [1.165, 1.54) is 12.8 Å². The highest BCUT2D eigenvalue weighted by molar-refractivity contribution is 7.98. The minimum absolute atomic E-state index is 0.191. The number of nitrogens with zero attached hydrogens (tertiary/aromatic N) is 2. The largest absolute Gasteiger partial charge is 0.338 e. The van der Waals surface area contributed by atoms with Crippen LogP contribution in [0.15, 0.2) is 33.7 Å². The molecule has 0 spiro atoms. The van der Waals surface area contributed by atoms with Gasteiger partial charge in [0.1, 0.15) is 0 Å². The molecule has 0 saturated carbocycles. The van der Waals surface area contributed by atoms with Crippen molar-refractivity contribution in [3.8, 4) is 0 Å². The van der Waals surface area contributed by atoms with Crippen LogP contribution in [0.3, 0.4) is 0 Å². The van der Waals surface area contributed by atoms with E-state index < -0.39 is 0 Å². The van der Waals surface area contributed by atoms with Crippen LogP contribution in [0.25, 0.3) is 0 Å². The minimum Gasteiger partial charge on any atom is -0.338 e. The van der Waals surface area contributed by atoms with Crippen molar-refractivity contribution in [3.05, 3.63) is 41.0 Å². The van der Waals surface area contributed by atoms with E-state index in [9.17, 15) is 0 Å². The Labute approximate surface area is 133 Å². The summed E-state index contributed by atoms with van der Waals surface area (Å²) in [5.74, 6) is 2.66. The average Bonchev–Trinajstić information content (AvgIpc) is 2.94. The molecule has 0 radical (unpaired) electrons. The first-order valence-corrected chi connectivity index (χ1v) is 8.53. The van der Waals surface area contributed by atoms with Gasteiger partial charge in [0, 0.05) is 9.92 Å². The van der Waals surface area contributed by atoms with Crippen LogP contribution >= 0.6 is 23.4 Å². The number of hydrogen-bond acceptors (Lipinski definition) is 5. The summed E-state index contributed by atoms with van der Waals surface area (Å²) in [5, 5.41) is 8.29. The maximum absolute atomic E-state index is 5.98. The molecular weight excluding hydrogens is 306 g/mol. The van der Waals surface area contributed by atoms with Gasteiger partial charge in [-0.3, -0.25) is 0 Å². The molecule has 21 heavy (non-hydrogen) atoms. The number of halogens is 1. The van der Waals surface area contributed by atoms with E-state index in [2.05, 4.69) is 22.4 Å². The molecule has 2 aromatic rings. The van der Waals surface area contributed by atoms with Crippen LogP contribution in [-0.4, -0.2) is 16.7 Å². The summed E-state index contributed by atoms with van der Waals surface area (Å²) in [6.45, 7) is 3.24. The second-order valence-corrected chi connectivity index (χ2v) is 6.83. The molecule has 0 bridgehead atoms. The van der Waals surface area contributed by atoms with Gasteiger partial charge < -0.3 is 9.84 Å². The van der Waals surface area contributed by atoms with Gasteiger partial charge in [0.2, 0.25) is 5.89 Å². The van der Waals surface area contributed by atoms with Crippen molar-refractivity contribution in [2.45, 2.75) is 36.5 Å². The van der Waals surface area contributed by atoms with Crippen molar-refractivity contribution in [2.75, 3.05) is 6.54 Å². The summed E-state index contributed by atoms with van der Waals surface area (Å²) >= 11 is 7.64. The van der Waals surface area contributed by atoms with Gasteiger partial charge in [0.15, 0.2) is 5.82 Å². The van der Waals surface area contributed by atoms with Crippen LogP contribution in [0.2, 0.25) is 5.02 Å². The Kier molecular flexibility index (Phi) is 4.83. The molecule has 4 nitrogen and oxygen atoms in total. The molecule has 1 aromatic heterocycles. The fraction of sp³-hybridized carbons (Fsp3) is 0.467. The van der Waals surface area contributed by atoms with Gasteiger partial charge >= 0.3 is 0 Å². The first kappa shape index (κ1) is 14.9. The molecule has 3 rings (SSSR count). The molecule has 1 aliphatic rings. The minimum atomic E-state index is 0.191. The normalized spacial score (nSPS) is 22.4. The molecule has 6 heteroatoms. The molecular formula is C15H18ClN3OS. The predicted molar refractivity (Wildman–Crippen MR) is 84.5 cm³/mol. The fourth-order valence-corrected chi connectivity index (χ4v) is 3.59. The SMILES string of the molecule is CC1CCCNC1c1nc(CSc2cccc(Cl)c2)no1. The van der Waals surface area contributed by atoms with Crippen LogP contribution in [0.1, 0.15) is 37.5 Å². The monoisotopic (exact) mass is 323 g/mol. The Morgan fingerprint density at radius 3 is 3.19 bits per heavy atom. The number of thioether (sulfide) groups is 1. The summed E-state index contributed by atoms with van der Waals surface area (Å²) in [7, 11) is 0. The summed E-state index contributed by atoms with van der Waals surface area (Å²) in [6.07, 6.45) is 2.41. The molecule has 2 atom stereocenters. The zero-order valence-corrected chi connectivity index (χ0v) is 13.5. The van der Waals surface area contributed by atoms with E-state index in [4.69, 9.17) is 16.1 Å². The highest BCUT2D eigenvalue weighted by Crippen LogP contribution is 2.29. The number of nitrogens with one attached hydrogen (secondary N) is 1. The molecule has 2 unspecified atom stereocenters. The lowest BCUT2D eigenvalue weighted by atomic mass is 9.93. The summed E-state index contributed by atoms with van der Waals surface area (Å²) in [4.78, 5) is 5.64. The zero-order valence-electron chi connectivity index (χ0n) is 11.9. The van der Waals surface area contributed by atoms with E-state index in [-0.39, 0.29) is 6.04 Å². The molecule has 2 heterocycles. The van der Waals surface area contributed by atoms with E-state index in [1.807, 2.05) is 24.3 Å². The lowest BCUT2D eigenvalue weighted by Gasteiger charge is -2.26. The Morgan fingerprint density at radius 1 is 1.48 bits per heavy atom. The number of piperidine rings is 1. The lowest BCUT2D eigenvalue weighted by molar-refractivity contribution is 0.239. The van der Waals surface area contributed by atoms with E-state index in [1.54, 1.807) is 11.8 Å². The van der Waals surface area contributed by atoms with Gasteiger partial charge in [0.05, 0.1) is 11.8 Å². The third kappa shape index (κ3) is 3.78. The lowest BCUT2D eigenvalue weighted by Crippen LogP contribution is -2.33. The first-order valence-electron chi connectivity index (χ1n) is 7.16. The molecule has 1 N–H and O–H groups in total. The van der Waals surface area contributed by atoms with E-state index >= 15 is 0 Å². The van der Waals surface area contributed by atoms with Crippen molar-refractivity contribution in [2.24, 2.45) is 5.92 Å². The zero-order chi connectivity index (χ0) is 14.7. The van der Waals surface area contributed by atoms with Crippen LogP contribution < -0.4 is 5.32 Å². The molecule has 112 valence electrons. The Hall–Kier alpha value is -1.04. The van der Waals surface area contributed by atoms with Gasteiger partial charge in [-0.2, -0.15) is 4.98 Å². The van der Waals surface area contributed by atoms with Crippen molar-refractivity contribution < 1.29 is 4.52 Å². The molecule has 0 amide bonds. The average molecular weight is 324 g/mol. The Bertz CT molecular complexity index is 604. The van der Waals surface area contributed by atoms with Crippen molar-refractivity contribution in [1.29, 1.82) is 0 Å². The summed E-state index contributed by atoms with van der Waals surface area (Å²) in [5.41, 5.74) is 0. The summed E-state index contributed by atoms with van der Waals surface area (Å²) < 4.78 is 5.42. The van der Waals surface area contributed by atoms with Crippen molar-refractivity contribution in [3.63, 3.8) is 0 Å². The molecule has 1 saturated heterocycles. The molecule has 1 fully saturated rings. The van der Waals surface area contributed by atoms with Crippen LogP contribution in [0.4, 0.5) is 0 Å². The maximum atomic E-state index is 5.98. The summed E-state index contributed by atoms with van der Waals surface area (Å²) in [6, 6.07) is 7.98. The number of benzene rings is 1. The first-order chi connectivity index (χ1) is 10.2. The van der Waals surface area contributed by atoms with Crippen LogP contribution in [-0.2, 0) is 5.75 Å². The Morgan fingerprint density at radius 2 is 2.38 bits per heavy atom. The third-order valence-electron chi connectivity index (χ3n) is 3.68. The second kappa shape index (κ2) is 6.81. The standard InChI is InChI=1S/C15H18ClN3OS/c1-10-4-3-7-17-14(10)15-18-13(19-20-15)9-21-12-6-2-5-11(16)8-12/h2,5-6,8,10,14,17H,3-4,7,9H2,1H3. The van der Waals surface area contributed by atoms with Gasteiger partial charge in [-0.15, -0.1) is 11.8 Å². The van der Waals surface area contributed by atoms with Crippen molar-refractivity contribution >= 4 is 23.4 Å². The van der Waals surface area contributed by atoms with Gasteiger partial charge in [0.25, 0.3) is 0 Å². The van der Waals surface area contributed by atoms with Crippen molar-refractivity contribution in [1.82, 2.24) is 15.5 Å². The van der Waals surface area contributed by atoms with Crippen LogP contribution in [0.5, 0.6) is 0 Å².